The maximum atomic E-state index is 6.02. The molecule has 0 saturated carbocycles. The molecule has 1 fully saturated rings. The van der Waals surface area contributed by atoms with Gasteiger partial charge < -0.3 is 19.5 Å². The van der Waals surface area contributed by atoms with Gasteiger partial charge in [-0.15, -0.1) is 0 Å². The van der Waals surface area contributed by atoms with Gasteiger partial charge in [0.05, 0.1) is 14.2 Å². The van der Waals surface area contributed by atoms with E-state index in [1.807, 2.05) is 30.3 Å². The molecule has 5 heteroatoms. The van der Waals surface area contributed by atoms with E-state index in [0.717, 1.165) is 31.7 Å². The average molecular weight is 356 g/mol. The predicted octanol–water partition coefficient (Wildman–Crippen LogP) is 3.08. The molecule has 0 aliphatic carbocycles. The molecule has 140 valence electrons. The predicted molar refractivity (Wildman–Crippen MR) is 103 cm³/mol. The minimum Gasteiger partial charge on any atom is -0.493 e. The van der Waals surface area contributed by atoms with Crippen LogP contribution in [0.25, 0.3) is 0 Å². The lowest BCUT2D eigenvalue weighted by Gasteiger charge is -2.32. The maximum Gasteiger partial charge on any atom is 0.203 e. The molecule has 26 heavy (non-hydrogen) atoms. The zero-order valence-corrected chi connectivity index (χ0v) is 15.8. The fourth-order valence-corrected chi connectivity index (χ4v) is 3.31. The van der Waals surface area contributed by atoms with Gasteiger partial charge in [-0.1, -0.05) is 30.3 Å². The summed E-state index contributed by atoms with van der Waals surface area (Å²) in [5.74, 6) is 2.06. The number of hydrogen-bond donors (Lipinski definition) is 1. The van der Waals surface area contributed by atoms with E-state index in [-0.39, 0.29) is 0 Å². The number of nitrogens with zero attached hydrogens (tertiary/aromatic N) is 1. The molecule has 1 saturated heterocycles. The average Bonchev–Trinajstić information content (AvgIpc) is 2.67. The van der Waals surface area contributed by atoms with E-state index in [4.69, 9.17) is 14.2 Å². The summed E-state index contributed by atoms with van der Waals surface area (Å²) in [6.45, 7) is 6.67. The third kappa shape index (κ3) is 4.68. The fraction of sp³-hybridized carbons (Fsp3) is 0.429. The van der Waals surface area contributed by atoms with Crippen LogP contribution in [-0.4, -0.2) is 44.8 Å². The van der Waals surface area contributed by atoms with E-state index < -0.39 is 0 Å². The second-order valence-electron chi connectivity index (χ2n) is 6.69. The number of rotatable bonds is 7. The Hall–Kier alpha value is -2.24. The lowest BCUT2D eigenvalue weighted by Crippen LogP contribution is -2.48. The van der Waals surface area contributed by atoms with Crippen LogP contribution in [0.1, 0.15) is 18.1 Å². The van der Waals surface area contributed by atoms with Crippen molar-refractivity contribution in [2.45, 2.75) is 26.1 Å². The molecule has 0 bridgehead atoms. The standard InChI is InChI=1S/C21H28N2O3/c1-16-13-23(10-9-22-16)14-18-11-19(24-2)21(20(12-18)25-3)26-15-17-7-5-4-6-8-17/h4-8,11-12,16,22H,9-10,13-15H2,1-3H3/t16-/m0/s1. The molecule has 1 atom stereocenters. The van der Waals surface area contributed by atoms with Crippen LogP contribution in [0.2, 0.25) is 0 Å². The second kappa shape index (κ2) is 8.92. The molecule has 0 aromatic heterocycles. The summed E-state index contributed by atoms with van der Waals surface area (Å²) in [4.78, 5) is 2.44. The highest BCUT2D eigenvalue weighted by molar-refractivity contribution is 5.54. The summed E-state index contributed by atoms with van der Waals surface area (Å²) in [5.41, 5.74) is 2.27. The molecule has 5 nitrogen and oxygen atoms in total. The fourth-order valence-electron chi connectivity index (χ4n) is 3.31. The van der Waals surface area contributed by atoms with Gasteiger partial charge in [0.15, 0.2) is 11.5 Å². The Balaban J connectivity index is 1.76. The first-order valence-electron chi connectivity index (χ1n) is 9.07. The van der Waals surface area contributed by atoms with E-state index in [2.05, 4.69) is 29.3 Å². The molecule has 0 spiro atoms. The van der Waals surface area contributed by atoms with Crippen LogP contribution in [0, 0.1) is 0 Å². The molecule has 1 aliphatic heterocycles. The Morgan fingerprint density at radius 2 is 1.73 bits per heavy atom. The first-order chi connectivity index (χ1) is 12.7. The smallest absolute Gasteiger partial charge is 0.203 e. The Kier molecular flexibility index (Phi) is 6.36. The number of methoxy groups -OCH3 is 2. The third-order valence-corrected chi connectivity index (χ3v) is 4.61. The molecular formula is C21H28N2O3. The van der Waals surface area contributed by atoms with Crippen LogP contribution in [0.15, 0.2) is 42.5 Å². The SMILES string of the molecule is COc1cc(CN2CCN[C@@H](C)C2)cc(OC)c1OCc1ccccc1. The van der Waals surface area contributed by atoms with Crippen LogP contribution in [0.3, 0.4) is 0 Å². The van der Waals surface area contributed by atoms with Crippen molar-refractivity contribution in [1.82, 2.24) is 10.2 Å². The zero-order valence-electron chi connectivity index (χ0n) is 15.8. The van der Waals surface area contributed by atoms with Crippen LogP contribution < -0.4 is 19.5 Å². The van der Waals surface area contributed by atoms with Crippen molar-refractivity contribution in [3.8, 4) is 17.2 Å². The highest BCUT2D eigenvalue weighted by Gasteiger charge is 2.19. The Morgan fingerprint density at radius 3 is 2.35 bits per heavy atom. The summed E-state index contributed by atoms with van der Waals surface area (Å²) in [6.07, 6.45) is 0. The summed E-state index contributed by atoms with van der Waals surface area (Å²) >= 11 is 0. The number of hydrogen-bond acceptors (Lipinski definition) is 5. The second-order valence-corrected chi connectivity index (χ2v) is 6.69. The van der Waals surface area contributed by atoms with Gasteiger partial charge in [0, 0.05) is 32.2 Å². The highest BCUT2D eigenvalue weighted by Crippen LogP contribution is 2.39. The number of nitrogens with one attached hydrogen (secondary N) is 1. The Labute approximate surface area is 155 Å². The van der Waals surface area contributed by atoms with Crippen molar-refractivity contribution in [1.29, 1.82) is 0 Å². The van der Waals surface area contributed by atoms with Gasteiger partial charge in [-0.3, -0.25) is 4.90 Å². The largest absolute Gasteiger partial charge is 0.493 e. The van der Waals surface area contributed by atoms with Crippen LogP contribution in [0.5, 0.6) is 17.2 Å². The molecule has 0 amide bonds. The van der Waals surface area contributed by atoms with Gasteiger partial charge in [0.25, 0.3) is 0 Å². The van der Waals surface area contributed by atoms with Gasteiger partial charge in [-0.25, -0.2) is 0 Å². The third-order valence-electron chi connectivity index (χ3n) is 4.61. The first kappa shape index (κ1) is 18.5. The van der Waals surface area contributed by atoms with Gasteiger partial charge in [-0.05, 0) is 30.2 Å². The zero-order chi connectivity index (χ0) is 18.4. The van der Waals surface area contributed by atoms with E-state index >= 15 is 0 Å². The number of ether oxygens (including phenoxy) is 3. The van der Waals surface area contributed by atoms with Crippen LogP contribution >= 0.6 is 0 Å². The minimum atomic E-state index is 0.474. The highest BCUT2D eigenvalue weighted by atomic mass is 16.5. The van der Waals surface area contributed by atoms with Crippen molar-refractivity contribution < 1.29 is 14.2 Å². The lowest BCUT2D eigenvalue weighted by atomic mass is 10.1. The Bertz CT molecular complexity index is 681. The molecule has 1 heterocycles. The van der Waals surface area contributed by atoms with E-state index in [1.54, 1.807) is 14.2 Å². The molecule has 0 unspecified atom stereocenters. The number of piperazine rings is 1. The molecule has 3 rings (SSSR count). The topological polar surface area (TPSA) is 43.0 Å². The Morgan fingerprint density at radius 1 is 1.04 bits per heavy atom. The van der Waals surface area contributed by atoms with Crippen LogP contribution in [0.4, 0.5) is 0 Å². The van der Waals surface area contributed by atoms with Gasteiger partial charge in [-0.2, -0.15) is 0 Å². The van der Waals surface area contributed by atoms with Gasteiger partial charge in [0.2, 0.25) is 5.75 Å². The molecule has 2 aromatic rings. The maximum absolute atomic E-state index is 6.02. The normalized spacial score (nSPS) is 17.7. The lowest BCUT2D eigenvalue weighted by molar-refractivity contribution is 0.199. The van der Waals surface area contributed by atoms with Crippen molar-refractivity contribution in [3.05, 3.63) is 53.6 Å². The molecule has 1 N–H and O–H groups in total. The van der Waals surface area contributed by atoms with E-state index in [1.165, 1.54) is 5.56 Å². The van der Waals surface area contributed by atoms with E-state index in [0.29, 0.717) is 29.9 Å². The van der Waals surface area contributed by atoms with Crippen molar-refractivity contribution in [3.63, 3.8) is 0 Å². The summed E-state index contributed by atoms with van der Waals surface area (Å²) in [5, 5.41) is 3.47. The van der Waals surface area contributed by atoms with Crippen molar-refractivity contribution in [2.75, 3.05) is 33.9 Å². The molecule has 1 aliphatic rings. The van der Waals surface area contributed by atoms with Gasteiger partial charge >= 0.3 is 0 Å². The molecular weight excluding hydrogens is 328 g/mol. The number of benzene rings is 2. The quantitative estimate of drug-likeness (QED) is 0.826. The van der Waals surface area contributed by atoms with Crippen molar-refractivity contribution in [2.24, 2.45) is 0 Å². The molecule has 0 radical (unpaired) electrons. The monoisotopic (exact) mass is 356 g/mol. The molecule has 2 aromatic carbocycles. The summed E-state index contributed by atoms with van der Waals surface area (Å²) in [6, 6.07) is 14.7. The first-order valence-corrected chi connectivity index (χ1v) is 9.07. The van der Waals surface area contributed by atoms with Crippen LogP contribution in [-0.2, 0) is 13.2 Å². The van der Waals surface area contributed by atoms with E-state index in [9.17, 15) is 0 Å². The van der Waals surface area contributed by atoms with Gasteiger partial charge in [0.1, 0.15) is 6.61 Å². The summed E-state index contributed by atoms with van der Waals surface area (Å²) in [7, 11) is 3.33. The van der Waals surface area contributed by atoms with Crippen molar-refractivity contribution >= 4 is 0 Å². The summed E-state index contributed by atoms with van der Waals surface area (Å²) < 4.78 is 17.2. The minimum absolute atomic E-state index is 0.474.